The minimum Gasteiger partial charge on any atom is -0.340 e. The second-order valence-corrected chi connectivity index (χ2v) is 8.61. The van der Waals surface area contributed by atoms with Crippen LogP contribution in [0.3, 0.4) is 0 Å². The number of benzene rings is 2. The molecule has 1 unspecified atom stereocenters. The second kappa shape index (κ2) is 9.23. The first-order valence-corrected chi connectivity index (χ1v) is 10.9. The Bertz CT molecular complexity index is 1240. The maximum absolute atomic E-state index is 13.9. The van der Waals surface area contributed by atoms with Gasteiger partial charge >= 0.3 is 0 Å². The number of aromatic nitrogens is 2. The number of carbonyl (C=O) groups is 2. The number of halogens is 1. The Morgan fingerprint density at radius 2 is 1.75 bits per heavy atom. The van der Waals surface area contributed by atoms with Crippen LogP contribution in [0.2, 0.25) is 0 Å². The van der Waals surface area contributed by atoms with Crippen molar-refractivity contribution in [3.8, 4) is 10.6 Å². The molecule has 0 aliphatic rings. The highest BCUT2D eigenvalue weighted by atomic mass is 32.1. The molecular formula is C24H21FN4O2S. The molecule has 0 spiro atoms. The lowest BCUT2D eigenvalue weighted by atomic mass is 10.0. The zero-order chi connectivity index (χ0) is 22.7. The maximum atomic E-state index is 13.9. The Morgan fingerprint density at radius 3 is 2.44 bits per heavy atom. The van der Waals surface area contributed by atoms with Crippen LogP contribution in [0.15, 0.2) is 66.9 Å². The molecule has 0 saturated heterocycles. The smallest absolute Gasteiger partial charge is 0.254 e. The summed E-state index contributed by atoms with van der Waals surface area (Å²) in [6, 6.07) is 16.2. The van der Waals surface area contributed by atoms with Gasteiger partial charge in [0, 0.05) is 11.8 Å². The summed E-state index contributed by atoms with van der Waals surface area (Å²) >= 11 is 1.57. The number of hydrogen-bond donors (Lipinski definition) is 2. The van der Waals surface area contributed by atoms with Crippen molar-refractivity contribution < 1.29 is 14.0 Å². The van der Waals surface area contributed by atoms with Crippen LogP contribution in [-0.2, 0) is 4.79 Å². The number of rotatable bonds is 6. The highest BCUT2D eigenvalue weighted by molar-refractivity contribution is 7.21. The first kappa shape index (κ1) is 21.6. The third kappa shape index (κ3) is 4.65. The summed E-state index contributed by atoms with van der Waals surface area (Å²) in [5, 5.41) is 6.18. The minimum absolute atomic E-state index is 0.107. The van der Waals surface area contributed by atoms with Crippen molar-refractivity contribution in [3.05, 3.63) is 78.2 Å². The van der Waals surface area contributed by atoms with E-state index in [0.29, 0.717) is 5.82 Å². The zero-order valence-corrected chi connectivity index (χ0v) is 18.3. The number of carbonyl (C=O) groups excluding carboxylic acids is 2. The molecule has 0 radical (unpaired) electrons. The van der Waals surface area contributed by atoms with E-state index >= 15 is 0 Å². The van der Waals surface area contributed by atoms with E-state index in [0.717, 1.165) is 20.8 Å². The fourth-order valence-electron chi connectivity index (χ4n) is 3.19. The van der Waals surface area contributed by atoms with Crippen molar-refractivity contribution in [2.45, 2.75) is 19.9 Å². The van der Waals surface area contributed by atoms with Crippen molar-refractivity contribution in [3.63, 3.8) is 0 Å². The van der Waals surface area contributed by atoms with Crippen LogP contribution in [0, 0.1) is 11.7 Å². The maximum Gasteiger partial charge on any atom is 0.254 e. The number of hydrogen-bond acceptors (Lipinski definition) is 5. The molecule has 0 fully saturated rings. The lowest BCUT2D eigenvalue weighted by Crippen LogP contribution is -2.47. The van der Waals surface area contributed by atoms with E-state index in [9.17, 15) is 14.0 Å². The van der Waals surface area contributed by atoms with Gasteiger partial charge in [-0.25, -0.2) is 14.4 Å². The van der Waals surface area contributed by atoms with Gasteiger partial charge in [0.15, 0.2) is 0 Å². The molecule has 8 heteroatoms. The summed E-state index contributed by atoms with van der Waals surface area (Å²) in [6.07, 6.45) is 1.65. The van der Waals surface area contributed by atoms with E-state index in [2.05, 4.69) is 20.6 Å². The number of fused-ring (bicyclic) bond motifs is 1. The van der Waals surface area contributed by atoms with Gasteiger partial charge < -0.3 is 10.6 Å². The van der Waals surface area contributed by atoms with Crippen molar-refractivity contribution >= 4 is 39.2 Å². The predicted molar refractivity (Wildman–Crippen MR) is 124 cm³/mol. The molecule has 4 rings (SSSR count). The van der Waals surface area contributed by atoms with Crippen LogP contribution in [-0.4, -0.2) is 27.8 Å². The molecule has 0 bridgehead atoms. The van der Waals surface area contributed by atoms with Crippen LogP contribution in [0.1, 0.15) is 24.2 Å². The van der Waals surface area contributed by atoms with Gasteiger partial charge in [-0.1, -0.05) is 38.1 Å². The molecule has 32 heavy (non-hydrogen) atoms. The number of thiazole rings is 1. The normalized spacial score (nSPS) is 12.0. The summed E-state index contributed by atoms with van der Waals surface area (Å²) in [6.45, 7) is 3.60. The molecule has 2 N–H and O–H groups in total. The van der Waals surface area contributed by atoms with Crippen molar-refractivity contribution in [2.24, 2.45) is 5.92 Å². The van der Waals surface area contributed by atoms with Crippen LogP contribution >= 0.6 is 11.3 Å². The monoisotopic (exact) mass is 448 g/mol. The van der Waals surface area contributed by atoms with Crippen molar-refractivity contribution in [1.82, 2.24) is 15.3 Å². The largest absolute Gasteiger partial charge is 0.340 e. The molecule has 2 aromatic carbocycles. The van der Waals surface area contributed by atoms with E-state index in [1.54, 1.807) is 43.5 Å². The molecule has 2 heterocycles. The summed E-state index contributed by atoms with van der Waals surface area (Å²) in [5.74, 6) is -1.57. The Balaban J connectivity index is 1.46. The van der Waals surface area contributed by atoms with E-state index in [4.69, 9.17) is 0 Å². The van der Waals surface area contributed by atoms with Gasteiger partial charge in [-0.15, -0.1) is 11.3 Å². The zero-order valence-electron chi connectivity index (χ0n) is 17.5. The molecule has 0 aliphatic carbocycles. The highest BCUT2D eigenvalue weighted by Crippen LogP contribution is 2.29. The topological polar surface area (TPSA) is 84.0 Å². The van der Waals surface area contributed by atoms with E-state index in [-0.39, 0.29) is 11.5 Å². The van der Waals surface area contributed by atoms with Crippen LogP contribution < -0.4 is 10.6 Å². The summed E-state index contributed by atoms with van der Waals surface area (Å²) in [7, 11) is 0. The molecule has 2 aromatic heterocycles. The Hall–Kier alpha value is -3.65. The molecule has 162 valence electrons. The first-order chi connectivity index (χ1) is 15.4. The van der Waals surface area contributed by atoms with E-state index in [1.165, 1.54) is 18.2 Å². The Kier molecular flexibility index (Phi) is 6.23. The molecule has 2 amide bonds. The third-order valence-electron chi connectivity index (χ3n) is 4.91. The van der Waals surface area contributed by atoms with Gasteiger partial charge in [0.2, 0.25) is 5.91 Å². The quantitative estimate of drug-likeness (QED) is 0.440. The molecule has 6 nitrogen and oxygen atoms in total. The van der Waals surface area contributed by atoms with Crippen LogP contribution in [0.4, 0.5) is 10.2 Å². The lowest BCUT2D eigenvalue weighted by molar-refractivity contribution is -0.118. The number of nitrogens with zero attached hydrogens (tertiary/aromatic N) is 2. The van der Waals surface area contributed by atoms with Gasteiger partial charge in [0.1, 0.15) is 22.7 Å². The molecular weight excluding hydrogens is 427 g/mol. The number of anilines is 1. The third-order valence-corrected chi connectivity index (χ3v) is 6.00. The molecule has 4 aromatic rings. The number of pyridine rings is 1. The summed E-state index contributed by atoms with van der Waals surface area (Å²) in [5.41, 5.74) is 1.66. The van der Waals surface area contributed by atoms with Gasteiger partial charge in [0.25, 0.3) is 5.91 Å². The van der Waals surface area contributed by atoms with Crippen molar-refractivity contribution in [2.75, 3.05) is 5.32 Å². The average Bonchev–Trinajstić information content (AvgIpc) is 3.22. The van der Waals surface area contributed by atoms with Crippen molar-refractivity contribution in [1.29, 1.82) is 0 Å². The standard InChI is InChI=1S/C24H21FN4O2S/c1-14(2)21(29-22(30)16-7-3-4-8-17(16)25)23(31)28-20-12-11-15(13-26-20)24-27-18-9-5-6-10-19(18)32-24/h3-14,21H,1-2H3,(H,29,30)(H,26,28,31). The fraction of sp³-hybridized carbons (Fsp3) is 0.167. The van der Waals surface area contributed by atoms with Gasteiger partial charge in [0.05, 0.1) is 15.8 Å². The predicted octanol–water partition coefficient (Wildman–Crippen LogP) is 4.89. The Labute approximate surface area is 188 Å². The summed E-state index contributed by atoms with van der Waals surface area (Å²) in [4.78, 5) is 34.2. The highest BCUT2D eigenvalue weighted by Gasteiger charge is 2.26. The number of amides is 2. The second-order valence-electron chi connectivity index (χ2n) is 7.58. The van der Waals surface area contributed by atoms with Gasteiger partial charge in [-0.05, 0) is 42.3 Å². The molecule has 0 aliphatic heterocycles. The SMILES string of the molecule is CC(C)C(NC(=O)c1ccccc1F)C(=O)Nc1ccc(-c2nc3ccccc3s2)cn1. The fourth-order valence-corrected chi connectivity index (χ4v) is 4.15. The minimum atomic E-state index is -0.854. The number of nitrogens with one attached hydrogen (secondary N) is 2. The molecule has 1 atom stereocenters. The van der Waals surface area contributed by atoms with E-state index in [1.807, 2.05) is 30.3 Å². The van der Waals surface area contributed by atoms with Crippen LogP contribution in [0.25, 0.3) is 20.8 Å². The van der Waals surface area contributed by atoms with Gasteiger partial charge in [-0.2, -0.15) is 0 Å². The first-order valence-electron chi connectivity index (χ1n) is 10.1. The average molecular weight is 449 g/mol. The van der Waals surface area contributed by atoms with E-state index < -0.39 is 23.7 Å². The lowest BCUT2D eigenvalue weighted by Gasteiger charge is -2.21. The molecule has 0 saturated carbocycles. The van der Waals surface area contributed by atoms with Gasteiger partial charge in [-0.3, -0.25) is 9.59 Å². The van der Waals surface area contributed by atoms with Crippen LogP contribution in [0.5, 0.6) is 0 Å². The summed E-state index contributed by atoms with van der Waals surface area (Å²) < 4.78 is 15.0. The Morgan fingerprint density at radius 1 is 1.00 bits per heavy atom. The number of para-hydroxylation sites is 1.